The third-order valence-corrected chi connectivity index (χ3v) is 3.20. The van der Waals surface area contributed by atoms with Crippen molar-refractivity contribution in [3.05, 3.63) is 34.2 Å². The van der Waals surface area contributed by atoms with Crippen molar-refractivity contribution in [2.75, 3.05) is 19.5 Å². The van der Waals surface area contributed by atoms with Crippen LogP contribution in [0.2, 0.25) is 0 Å². The van der Waals surface area contributed by atoms with Crippen LogP contribution < -0.4 is 20.3 Å². The van der Waals surface area contributed by atoms with E-state index in [1.54, 1.807) is 26.4 Å². The standard InChI is InChI=1S/C16H21N3O3/c1-9(2)17-16-18-10(3)14(15(20)19-16)11-6-7-12(21-4)13(8-11)22-5/h6-9H,1-5H3,(H2,17,18,19,20). The zero-order valence-electron chi connectivity index (χ0n) is 13.5. The second-order valence-corrected chi connectivity index (χ2v) is 5.24. The van der Waals surface area contributed by atoms with Gasteiger partial charge in [-0.2, -0.15) is 0 Å². The van der Waals surface area contributed by atoms with Crippen LogP contribution in [0.15, 0.2) is 23.0 Å². The SMILES string of the molecule is COc1ccc(-c2c(C)nc(NC(C)C)[nH]c2=O)cc1OC. The lowest BCUT2D eigenvalue weighted by atomic mass is 10.1. The van der Waals surface area contributed by atoms with Gasteiger partial charge in [-0.1, -0.05) is 6.07 Å². The van der Waals surface area contributed by atoms with Crippen LogP contribution in [0.4, 0.5) is 5.95 Å². The molecule has 2 rings (SSSR count). The van der Waals surface area contributed by atoms with Gasteiger partial charge in [-0.25, -0.2) is 4.98 Å². The number of aromatic amines is 1. The minimum absolute atomic E-state index is 0.189. The zero-order chi connectivity index (χ0) is 16.3. The topological polar surface area (TPSA) is 76.2 Å². The minimum atomic E-state index is -0.192. The molecule has 0 amide bonds. The molecule has 1 aromatic carbocycles. The number of methoxy groups -OCH3 is 2. The monoisotopic (exact) mass is 303 g/mol. The van der Waals surface area contributed by atoms with Gasteiger partial charge in [0.1, 0.15) is 0 Å². The molecule has 1 aromatic heterocycles. The maximum absolute atomic E-state index is 12.4. The molecule has 0 atom stereocenters. The third-order valence-electron chi connectivity index (χ3n) is 3.20. The molecule has 22 heavy (non-hydrogen) atoms. The van der Waals surface area contributed by atoms with Crippen molar-refractivity contribution in [3.8, 4) is 22.6 Å². The van der Waals surface area contributed by atoms with Crippen LogP contribution in [0.3, 0.4) is 0 Å². The number of aryl methyl sites for hydroxylation is 1. The Morgan fingerprint density at radius 2 is 1.86 bits per heavy atom. The molecule has 1 heterocycles. The lowest BCUT2D eigenvalue weighted by Crippen LogP contribution is -2.20. The highest BCUT2D eigenvalue weighted by Gasteiger charge is 2.13. The summed E-state index contributed by atoms with van der Waals surface area (Å²) >= 11 is 0. The summed E-state index contributed by atoms with van der Waals surface area (Å²) in [6, 6.07) is 5.55. The first-order chi connectivity index (χ1) is 10.5. The largest absolute Gasteiger partial charge is 0.493 e. The fraction of sp³-hybridized carbons (Fsp3) is 0.375. The van der Waals surface area contributed by atoms with E-state index in [9.17, 15) is 4.79 Å². The second kappa shape index (κ2) is 6.51. The van der Waals surface area contributed by atoms with E-state index in [-0.39, 0.29) is 11.6 Å². The molecule has 0 aliphatic carbocycles. The molecule has 0 radical (unpaired) electrons. The summed E-state index contributed by atoms with van der Waals surface area (Å²) in [7, 11) is 3.14. The van der Waals surface area contributed by atoms with E-state index >= 15 is 0 Å². The quantitative estimate of drug-likeness (QED) is 0.888. The number of hydrogen-bond acceptors (Lipinski definition) is 5. The van der Waals surface area contributed by atoms with Gasteiger partial charge in [-0.05, 0) is 38.5 Å². The maximum Gasteiger partial charge on any atom is 0.260 e. The van der Waals surface area contributed by atoms with Crippen LogP contribution in [-0.4, -0.2) is 30.2 Å². The number of ether oxygens (including phenoxy) is 2. The number of H-pyrrole nitrogens is 1. The molecule has 0 aliphatic rings. The Labute approximate surface area is 129 Å². The van der Waals surface area contributed by atoms with Gasteiger partial charge in [0.2, 0.25) is 5.95 Å². The van der Waals surface area contributed by atoms with Crippen molar-refractivity contribution in [2.45, 2.75) is 26.8 Å². The van der Waals surface area contributed by atoms with Crippen LogP contribution >= 0.6 is 0 Å². The molecule has 0 saturated heterocycles. The van der Waals surface area contributed by atoms with E-state index in [0.29, 0.717) is 28.7 Å². The van der Waals surface area contributed by atoms with Gasteiger partial charge in [0.25, 0.3) is 5.56 Å². The average molecular weight is 303 g/mol. The van der Waals surface area contributed by atoms with Crippen molar-refractivity contribution in [3.63, 3.8) is 0 Å². The summed E-state index contributed by atoms with van der Waals surface area (Å²) in [6.07, 6.45) is 0. The van der Waals surface area contributed by atoms with Gasteiger partial charge in [0.15, 0.2) is 11.5 Å². The van der Waals surface area contributed by atoms with Crippen LogP contribution in [-0.2, 0) is 0 Å². The lowest BCUT2D eigenvalue weighted by Gasteiger charge is -2.13. The van der Waals surface area contributed by atoms with Crippen LogP contribution in [0.1, 0.15) is 19.5 Å². The summed E-state index contributed by atoms with van der Waals surface area (Å²) < 4.78 is 10.5. The van der Waals surface area contributed by atoms with Crippen molar-refractivity contribution in [1.29, 1.82) is 0 Å². The molecule has 0 fully saturated rings. The smallest absolute Gasteiger partial charge is 0.260 e. The molecule has 0 unspecified atom stereocenters. The first-order valence-corrected chi connectivity index (χ1v) is 7.06. The molecule has 2 aromatic rings. The molecular weight excluding hydrogens is 282 g/mol. The Kier molecular flexibility index (Phi) is 4.70. The number of hydrogen-bond donors (Lipinski definition) is 2. The highest BCUT2D eigenvalue weighted by Crippen LogP contribution is 2.31. The van der Waals surface area contributed by atoms with Crippen molar-refractivity contribution >= 4 is 5.95 Å². The maximum atomic E-state index is 12.4. The van der Waals surface area contributed by atoms with Crippen LogP contribution in [0, 0.1) is 6.92 Å². The molecular formula is C16H21N3O3. The summed E-state index contributed by atoms with van der Waals surface area (Å²) in [5.74, 6) is 1.66. The van der Waals surface area contributed by atoms with E-state index in [0.717, 1.165) is 5.56 Å². The lowest BCUT2D eigenvalue weighted by molar-refractivity contribution is 0.355. The zero-order valence-corrected chi connectivity index (χ0v) is 13.5. The Hall–Kier alpha value is -2.50. The molecule has 0 aliphatic heterocycles. The Morgan fingerprint density at radius 1 is 1.18 bits per heavy atom. The van der Waals surface area contributed by atoms with E-state index in [4.69, 9.17) is 9.47 Å². The third kappa shape index (κ3) is 3.21. The van der Waals surface area contributed by atoms with Gasteiger partial charge in [-0.3, -0.25) is 9.78 Å². The molecule has 0 spiro atoms. The predicted octanol–water partition coefficient (Wildman–Crippen LogP) is 2.58. The number of rotatable bonds is 5. The summed E-state index contributed by atoms with van der Waals surface area (Å²) in [6.45, 7) is 5.78. The van der Waals surface area contributed by atoms with Crippen LogP contribution in [0.5, 0.6) is 11.5 Å². The van der Waals surface area contributed by atoms with Gasteiger partial charge < -0.3 is 14.8 Å². The highest BCUT2D eigenvalue weighted by atomic mass is 16.5. The fourth-order valence-electron chi connectivity index (χ4n) is 2.26. The Bertz CT molecular complexity index is 723. The predicted molar refractivity (Wildman–Crippen MR) is 86.9 cm³/mol. The van der Waals surface area contributed by atoms with Crippen molar-refractivity contribution in [2.24, 2.45) is 0 Å². The number of nitrogens with zero attached hydrogens (tertiary/aromatic N) is 1. The first-order valence-electron chi connectivity index (χ1n) is 7.06. The average Bonchev–Trinajstić information content (AvgIpc) is 2.45. The van der Waals surface area contributed by atoms with Gasteiger partial charge in [0.05, 0.1) is 25.5 Å². The van der Waals surface area contributed by atoms with E-state index in [1.807, 2.05) is 26.8 Å². The summed E-state index contributed by atoms with van der Waals surface area (Å²) in [5, 5.41) is 3.09. The normalized spacial score (nSPS) is 10.6. The van der Waals surface area contributed by atoms with Gasteiger partial charge in [0, 0.05) is 6.04 Å². The molecule has 6 heteroatoms. The molecule has 2 N–H and O–H groups in total. The Morgan fingerprint density at radius 3 is 2.41 bits per heavy atom. The second-order valence-electron chi connectivity index (χ2n) is 5.24. The van der Waals surface area contributed by atoms with Crippen molar-refractivity contribution < 1.29 is 9.47 Å². The van der Waals surface area contributed by atoms with Gasteiger partial charge in [-0.15, -0.1) is 0 Å². The number of benzene rings is 1. The highest BCUT2D eigenvalue weighted by molar-refractivity contribution is 5.68. The first kappa shape index (κ1) is 15.9. The number of nitrogens with one attached hydrogen (secondary N) is 2. The van der Waals surface area contributed by atoms with E-state index in [1.165, 1.54) is 0 Å². The summed E-state index contributed by atoms with van der Waals surface area (Å²) in [4.78, 5) is 19.6. The Balaban J connectivity index is 2.51. The molecule has 6 nitrogen and oxygen atoms in total. The molecule has 0 bridgehead atoms. The van der Waals surface area contributed by atoms with Crippen molar-refractivity contribution in [1.82, 2.24) is 9.97 Å². The number of aromatic nitrogens is 2. The minimum Gasteiger partial charge on any atom is -0.493 e. The fourth-order valence-corrected chi connectivity index (χ4v) is 2.26. The number of anilines is 1. The molecule has 0 saturated carbocycles. The van der Waals surface area contributed by atoms with Gasteiger partial charge >= 0.3 is 0 Å². The van der Waals surface area contributed by atoms with E-state index in [2.05, 4.69) is 15.3 Å². The molecule has 118 valence electrons. The van der Waals surface area contributed by atoms with E-state index < -0.39 is 0 Å². The van der Waals surface area contributed by atoms with Crippen LogP contribution in [0.25, 0.3) is 11.1 Å². The summed E-state index contributed by atoms with van der Waals surface area (Å²) in [5.41, 5.74) is 1.72.